The van der Waals surface area contributed by atoms with E-state index in [1.54, 1.807) is 13.0 Å². The number of carbonyl (C=O) groups excluding carboxylic acids is 1. The minimum Gasteiger partial charge on any atom is -0.480 e. The number of hydrogen-bond acceptors (Lipinski definition) is 3. The van der Waals surface area contributed by atoms with Gasteiger partial charge in [0.1, 0.15) is 6.54 Å². The van der Waals surface area contributed by atoms with Gasteiger partial charge in [-0.15, -0.1) is 0 Å². The van der Waals surface area contributed by atoms with Crippen LogP contribution in [0.5, 0.6) is 0 Å². The van der Waals surface area contributed by atoms with Gasteiger partial charge in [-0.1, -0.05) is 12.1 Å². The van der Waals surface area contributed by atoms with Gasteiger partial charge in [0.05, 0.1) is 0 Å². The average Bonchev–Trinajstić information content (AvgIpc) is 2.66. The fourth-order valence-electron chi connectivity index (χ4n) is 1.66. The van der Waals surface area contributed by atoms with Gasteiger partial charge in [-0.2, -0.15) is 0 Å². The highest BCUT2D eigenvalue weighted by molar-refractivity contribution is 5.99. The Balaban J connectivity index is 2.40. The number of aryl methyl sites for hydroxylation is 1. The molecule has 0 spiro atoms. The van der Waals surface area contributed by atoms with E-state index in [0.717, 1.165) is 0 Å². The van der Waals surface area contributed by atoms with Gasteiger partial charge in [-0.25, -0.2) is 4.39 Å². The Bertz CT molecular complexity index is 632. The number of carboxylic acid groups (broad SMARTS) is 1. The molecule has 0 aliphatic carbocycles. The molecule has 2 aromatic rings. The van der Waals surface area contributed by atoms with Crippen LogP contribution in [0.15, 0.2) is 22.6 Å². The zero-order chi connectivity index (χ0) is 13.3. The summed E-state index contributed by atoms with van der Waals surface area (Å²) in [5.41, 5.74) is 0.475. The van der Waals surface area contributed by atoms with Crippen LogP contribution in [-0.4, -0.2) is 23.5 Å². The molecule has 0 aliphatic heterocycles. The Morgan fingerprint density at radius 3 is 2.78 bits per heavy atom. The van der Waals surface area contributed by atoms with Crippen molar-refractivity contribution < 1.29 is 23.5 Å². The van der Waals surface area contributed by atoms with Gasteiger partial charge < -0.3 is 14.8 Å². The van der Waals surface area contributed by atoms with Crippen LogP contribution in [0.4, 0.5) is 4.39 Å². The molecule has 2 N–H and O–H groups in total. The van der Waals surface area contributed by atoms with Crippen LogP contribution in [0.1, 0.15) is 16.1 Å². The first-order valence-electron chi connectivity index (χ1n) is 5.18. The quantitative estimate of drug-likeness (QED) is 0.870. The minimum absolute atomic E-state index is 0.00419. The molecule has 18 heavy (non-hydrogen) atoms. The van der Waals surface area contributed by atoms with Gasteiger partial charge in [0.2, 0.25) is 0 Å². The average molecular weight is 251 g/mol. The highest BCUT2D eigenvalue weighted by atomic mass is 19.1. The van der Waals surface area contributed by atoms with Crippen LogP contribution in [0.25, 0.3) is 11.0 Å². The molecule has 0 saturated carbocycles. The van der Waals surface area contributed by atoms with Crippen LogP contribution in [0.2, 0.25) is 0 Å². The summed E-state index contributed by atoms with van der Waals surface area (Å²) in [5.74, 6) is -2.47. The third-order valence-electron chi connectivity index (χ3n) is 2.52. The molecule has 0 atom stereocenters. The number of nitrogens with one attached hydrogen (secondary N) is 1. The Morgan fingerprint density at radius 2 is 2.17 bits per heavy atom. The maximum atomic E-state index is 13.4. The lowest BCUT2D eigenvalue weighted by Gasteiger charge is -1.99. The second kappa shape index (κ2) is 4.48. The van der Waals surface area contributed by atoms with Crippen LogP contribution in [-0.2, 0) is 4.79 Å². The summed E-state index contributed by atoms with van der Waals surface area (Å²) in [6.07, 6.45) is 0. The van der Waals surface area contributed by atoms with Crippen molar-refractivity contribution in [2.45, 2.75) is 6.92 Å². The summed E-state index contributed by atoms with van der Waals surface area (Å²) in [7, 11) is 0. The number of carboxylic acids is 1. The van der Waals surface area contributed by atoms with Crippen LogP contribution < -0.4 is 5.32 Å². The second-order valence-corrected chi connectivity index (χ2v) is 3.75. The predicted molar refractivity (Wildman–Crippen MR) is 60.9 cm³/mol. The second-order valence-electron chi connectivity index (χ2n) is 3.75. The monoisotopic (exact) mass is 251 g/mol. The van der Waals surface area contributed by atoms with E-state index < -0.39 is 24.2 Å². The topological polar surface area (TPSA) is 79.5 Å². The molecular formula is C12H10FNO4. The molecular weight excluding hydrogens is 241 g/mol. The SMILES string of the molecule is Cc1c(C(=O)NCC(=O)O)oc2c(F)cccc12. The summed E-state index contributed by atoms with van der Waals surface area (Å²) >= 11 is 0. The van der Waals surface area contributed by atoms with E-state index in [1.807, 2.05) is 0 Å². The fourth-order valence-corrected chi connectivity index (χ4v) is 1.66. The zero-order valence-corrected chi connectivity index (χ0v) is 9.49. The van der Waals surface area contributed by atoms with E-state index in [2.05, 4.69) is 5.32 Å². The number of furan rings is 1. The molecule has 1 amide bonds. The first-order valence-corrected chi connectivity index (χ1v) is 5.18. The number of halogens is 1. The Hall–Kier alpha value is -2.37. The Kier molecular flexibility index (Phi) is 3.01. The van der Waals surface area contributed by atoms with Gasteiger partial charge >= 0.3 is 5.97 Å². The molecule has 1 aromatic carbocycles. The number of carbonyl (C=O) groups is 2. The maximum Gasteiger partial charge on any atom is 0.322 e. The van der Waals surface area contributed by atoms with E-state index in [9.17, 15) is 14.0 Å². The molecule has 0 saturated heterocycles. The lowest BCUT2D eigenvalue weighted by Crippen LogP contribution is -2.29. The predicted octanol–water partition coefficient (Wildman–Crippen LogP) is 1.69. The number of amides is 1. The molecule has 0 fully saturated rings. The van der Waals surface area contributed by atoms with Crippen molar-refractivity contribution in [1.29, 1.82) is 0 Å². The van der Waals surface area contributed by atoms with Crippen molar-refractivity contribution in [2.24, 2.45) is 0 Å². The number of para-hydroxylation sites is 1. The number of fused-ring (bicyclic) bond motifs is 1. The molecule has 5 nitrogen and oxygen atoms in total. The van der Waals surface area contributed by atoms with E-state index in [1.165, 1.54) is 12.1 Å². The van der Waals surface area contributed by atoms with Crippen molar-refractivity contribution in [1.82, 2.24) is 5.32 Å². The number of benzene rings is 1. The number of hydrogen-bond donors (Lipinski definition) is 2. The van der Waals surface area contributed by atoms with Gasteiger partial charge in [0, 0.05) is 10.9 Å². The van der Waals surface area contributed by atoms with E-state index in [4.69, 9.17) is 9.52 Å². The van der Waals surface area contributed by atoms with Crippen molar-refractivity contribution in [3.63, 3.8) is 0 Å². The van der Waals surface area contributed by atoms with Crippen LogP contribution in [0.3, 0.4) is 0 Å². The fraction of sp³-hybridized carbons (Fsp3) is 0.167. The zero-order valence-electron chi connectivity index (χ0n) is 9.49. The van der Waals surface area contributed by atoms with Crippen molar-refractivity contribution in [2.75, 3.05) is 6.54 Å². The summed E-state index contributed by atoms with van der Waals surface area (Å²) in [4.78, 5) is 22.0. The lowest BCUT2D eigenvalue weighted by molar-refractivity contribution is -0.135. The number of rotatable bonds is 3. The molecule has 0 aliphatic rings. The minimum atomic E-state index is -1.16. The third kappa shape index (κ3) is 2.04. The van der Waals surface area contributed by atoms with Crippen molar-refractivity contribution in [3.8, 4) is 0 Å². The number of aliphatic carboxylic acids is 1. The standard InChI is InChI=1S/C12H10FNO4/c1-6-7-3-2-4-8(13)11(7)18-10(6)12(17)14-5-9(15)16/h2-4H,5H2,1H3,(H,14,17)(H,15,16). The molecule has 2 rings (SSSR count). The largest absolute Gasteiger partial charge is 0.480 e. The highest BCUT2D eigenvalue weighted by Gasteiger charge is 2.19. The van der Waals surface area contributed by atoms with Crippen molar-refractivity contribution >= 4 is 22.8 Å². The molecule has 0 bridgehead atoms. The van der Waals surface area contributed by atoms with Gasteiger partial charge in [0.15, 0.2) is 17.2 Å². The highest BCUT2D eigenvalue weighted by Crippen LogP contribution is 2.26. The lowest BCUT2D eigenvalue weighted by atomic mass is 10.1. The van der Waals surface area contributed by atoms with E-state index in [0.29, 0.717) is 10.9 Å². The van der Waals surface area contributed by atoms with Gasteiger partial charge in [-0.05, 0) is 13.0 Å². The molecule has 1 aromatic heterocycles. The Labute approximate surface area is 101 Å². The van der Waals surface area contributed by atoms with Gasteiger partial charge in [0.25, 0.3) is 5.91 Å². The van der Waals surface area contributed by atoms with Crippen LogP contribution in [0, 0.1) is 12.7 Å². The summed E-state index contributed by atoms with van der Waals surface area (Å²) in [6.45, 7) is 1.10. The molecule has 0 radical (unpaired) electrons. The first-order chi connectivity index (χ1) is 8.50. The van der Waals surface area contributed by atoms with E-state index >= 15 is 0 Å². The van der Waals surface area contributed by atoms with Crippen molar-refractivity contribution in [3.05, 3.63) is 35.3 Å². The Morgan fingerprint density at radius 1 is 1.44 bits per heavy atom. The summed E-state index contributed by atoms with van der Waals surface area (Å²) in [6, 6.07) is 4.37. The normalized spacial score (nSPS) is 10.6. The molecule has 6 heteroatoms. The molecule has 94 valence electrons. The summed E-state index contributed by atoms with van der Waals surface area (Å²) in [5, 5.41) is 11.1. The van der Waals surface area contributed by atoms with E-state index in [-0.39, 0.29) is 11.3 Å². The molecule has 1 heterocycles. The smallest absolute Gasteiger partial charge is 0.322 e. The summed E-state index contributed by atoms with van der Waals surface area (Å²) < 4.78 is 18.6. The third-order valence-corrected chi connectivity index (χ3v) is 2.52. The van der Waals surface area contributed by atoms with Crippen LogP contribution >= 0.6 is 0 Å². The van der Waals surface area contributed by atoms with Gasteiger partial charge in [-0.3, -0.25) is 9.59 Å². The first kappa shape index (κ1) is 12.1. The molecule has 0 unspecified atom stereocenters. The maximum absolute atomic E-state index is 13.4.